The van der Waals surface area contributed by atoms with E-state index in [0.29, 0.717) is 27.3 Å². The molecule has 34 heteroatoms. The van der Waals surface area contributed by atoms with Gasteiger partial charge in [-0.05, 0) is 122 Å². The van der Waals surface area contributed by atoms with Gasteiger partial charge in [0.1, 0.15) is 53.4 Å². The zero-order valence-electron chi connectivity index (χ0n) is 74.0. The van der Waals surface area contributed by atoms with Crippen molar-refractivity contribution in [3.63, 3.8) is 0 Å². The molecule has 12 aliphatic rings. The van der Waals surface area contributed by atoms with Crippen LogP contribution in [0.4, 0.5) is 0 Å². The van der Waals surface area contributed by atoms with E-state index in [1.165, 1.54) is 65.4 Å². The van der Waals surface area contributed by atoms with Crippen LogP contribution in [-0.2, 0) is 100.0 Å². The van der Waals surface area contributed by atoms with Crippen LogP contribution in [0.5, 0.6) is 0 Å². The topological polar surface area (TPSA) is 460 Å². The quantitative estimate of drug-likeness (QED) is 0.0178. The molecule has 6 saturated carbocycles. The predicted molar refractivity (Wildman–Crippen MR) is 457 cm³/mol. The summed E-state index contributed by atoms with van der Waals surface area (Å²) in [5.74, 6) is -12.6. The van der Waals surface area contributed by atoms with Crippen LogP contribution in [0.2, 0.25) is 0 Å². The van der Waals surface area contributed by atoms with Crippen molar-refractivity contribution in [1.29, 1.82) is 0 Å². The van der Waals surface area contributed by atoms with Crippen LogP contribution < -0.4 is 0 Å². The van der Waals surface area contributed by atoms with E-state index in [-0.39, 0.29) is 86.2 Å². The van der Waals surface area contributed by atoms with E-state index in [0.717, 1.165) is 6.92 Å². The minimum absolute atomic E-state index is 0.0540. The van der Waals surface area contributed by atoms with Crippen molar-refractivity contribution in [3.8, 4) is 0 Å². The summed E-state index contributed by atoms with van der Waals surface area (Å²) in [4.78, 5) is 149. The molecule has 0 spiro atoms. The minimum atomic E-state index is -2.11. The minimum Gasteiger partial charge on any atom is -0.481 e. The van der Waals surface area contributed by atoms with E-state index >= 15 is 4.79 Å². The number of Topliss-reactive ketones (excluding diaryl/α,β-unsaturated/α-hetero) is 3. The zero-order valence-corrected chi connectivity index (χ0v) is 77.8. The van der Waals surface area contributed by atoms with E-state index in [9.17, 15) is 88.8 Å². The Morgan fingerprint density at radius 2 is 0.784 bits per heavy atom. The highest BCUT2D eigenvalue weighted by Gasteiger charge is 2.82. The Labute approximate surface area is 749 Å². The third-order valence-corrected chi connectivity index (χ3v) is 31.5. The lowest BCUT2D eigenvalue weighted by molar-refractivity contribution is -0.345. The second kappa shape index (κ2) is 34.8. The van der Waals surface area contributed by atoms with Gasteiger partial charge in [-0.15, -0.1) is 11.8 Å². The first-order valence-electron chi connectivity index (χ1n) is 41.6. The standard InChI is InChI=1S/C33H40O10S2.C31H38O11.C26H36O10.CH3I/c1-16-21(36)14-33(39)27(42-28(38)19-11-9-8-10-12-19)25-31(6,26(37)24(41-17(2)34)23(16)30(33,4)5)20(29(44)45-7)13-22-32(25,15-40-22)43-18(3)35;1-15-19(34)13-31(38)26(41-27(37)18-10-8-7-9-11-18)24-29(6,20(35)12-21-30(24,14-39-21)42-17(3)33)25(36)23(40-16(2)32)22(15)28(31,4)5;1-12-16(30)10-26(32)22(35-14(3)28)20-24(7,9-8-17-25(20,11-33-17)36-15(4)29)21(31)19(34-13(2)27)18(12)23(26,5)6;1-2/h8-12,20-22,24-25,27,36,39H,13-15H2,1-7H3;7-11,19-21,23-24,26,34-35,38H,12-14H2,1-6H3;16-17,19-20,22,28,30,32H,3,8-11H2,1-2,4-7H3;1H3/t20-,21+,22-,24-,25+,27+,31-,32+,33-;19-,20-,21+,23+,24-,26-,29+,30-,31+;16-,17+,19+,20-,22-,24+,25-,26+;/m100./s1. The third-order valence-electron chi connectivity index (χ3n) is 30.0. The molecule has 0 aromatic heterocycles. The summed E-state index contributed by atoms with van der Waals surface area (Å²) < 4.78 is 71.4. The van der Waals surface area contributed by atoms with E-state index in [1.807, 2.05) is 4.93 Å². The zero-order chi connectivity index (χ0) is 93.3. The number of hydrogen-bond acceptors (Lipinski definition) is 33. The van der Waals surface area contributed by atoms with Crippen molar-refractivity contribution in [2.24, 2.45) is 56.2 Å². The maximum Gasteiger partial charge on any atom is 0.338 e. The molecule has 686 valence electrons. The molecule has 9 fully saturated rings. The Morgan fingerprint density at radius 1 is 0.464 bits per heavy atom. The van der Waals surface area contributed by atoms with Gasteiger partial charge in [0.15, 0.2) is 52.5 Å². The molecule has 31 nitrogen and oxygen atoms in total. The largest absolute Gasteiger partial charge is 0.481 e. The number of thiocarbonyl (C=S) groups is 1. The Balaban J connectivity index is 0.000000181. The summed E-state index contributed by atoms with van der Waals surface area (Å²) in [7, 11) is 0. The Bertz CT molecular complexity index is 4810. The van der Waals surface area contributed by atoms with Crippen molar-refractivity contribution in [1.82, 2.24) is 0 Å². The Morgan fingerprint density at radius 3 is 1.10 bits per heavy atom. The van der Waals surface area contributed by atoms with Crippen LogP contribution in [0.3, 0.4) is 0 Å². The number of hydrogen-bond donors (Lipinski definition) is 8. The SMILES string of the molecule is C=C(O)O[C@H]1[C@@H]2[C@]3(OC(C)=O)CO[C@@H]3CC[C@@]2(C)C(=O)[C@H](OC(C)=O)C2=C(C)[C@@H](O)C[C@]1(O)C2(C)C.CC(=O)O[C@H]1C(=O)[C@@]2(C)[C@H]([C@H](OC(=O)c3ccccc3)[C@]3(O)C[C@H](O)C(C)=C1C3(C)C)[C@]1(OC(C)=O)CO[C@@H]1C[C@@H]2O.CI.CSC(=S)[C@H]1C[C@H]2OC[C@@]2(OC(C)=O)[C@H]2[C@H](OC(=O)c3ccccc3)[C@]3(O)C[C@H](O)C(C)=C([C@@H](OC(C)=O)C(=O)[C@]12C)C3(C)C. The van der Waals surface area contributed by atoms with Crippen molar-refractivity contribution < 1.29 is 150 Å². The number of halogens is 1. The van der Waals surface area contributed by atoms with Crippen LogP contribution >= 0.6 is 46.6 Å². The normalized spacial score (nSPS) is 39.8. The number of aliphatic hydroxyl groups is 8. The predicted octanol–water partition coefficient (Wildman–Crippen LogP) is 8.17. The molecule has 6 bridgehead atoms. The van der Waals surface area contributed by atoms with Gasteiger partial charge in [0.25, 0.3) is 5.95 Å². The molecule has 2 aromatic carbocycles. The van der Waals surface area contributed by atoms with E-state index in [4.69, 9.17) is 69.1 Å². The lowest BCUT2D eigenvalue weighted by Gasteiger charge is -2.68. The first kappa shape index (κ1) is 98.1. The maximum atomic E-state index is 15.3. The summed E-state index contributed by atoms with van der Waals surface area (Å²) in [6.07, 6.45) is -14.7. The monoisotopic (exact) mass is 1900 g/mol. The van der Waals surface area contributed by atoms with Gasteiger partial charge < -0.3 is 97.7 Å². The lowest BCUT2D eigenvalue weighted by atomic mass is 9.43. The molecule has 2 aromatic rings. The van der Waals surface area contributed by atoms with E-state index in [2.05, 4.69) is 29.2 Å². The van der Waals surface area contributed by atoms with Crippen molar-refractivity contribution in [3.05, 3.63) is 118 Å². The first-order valence-corrected chi connectivity index (χ1v) is 45.4. The maximum absolute atomic E-state index is 15.3. The fourth-order valence-electron chi connectivity index (χ4n) is 23.6. The van der Waals surface area contributed by atoms with Crippen LogP contribution in [0.15, 0.2) is 107 Å². The number of esters is 8. The molecular formula is C91H117IO31S2. The fourth-order valence-corrected chi connectivity index (χ4v) is 24.6. The van der Waals surface area contributed by atoms with Gasteiger partial charge >= 0.3 is 47.8 Å². The average Bonchev–Trinajstić information content (AvgIpc) is 0.674. The van der Waals surface area contributed by atoms with Gasteiger partial charge in [0, 0.05) is 100 Å². The molecule has 0 unspecified atom stereocenters. The van der Waals surface area contributed by atoms with Gasteiger partial charge in [0.05, 0.1) is 82.7 Å². The second-order valence-corrected chi connectivity index (χ2v) is 39.1. The van der Waals surface area contributed by atoms with Gasteiger partial charge in [-0.25, -0.2) is 9.59 Å². The summed E-state index contributed by atoms with van der Waals surface area (Å²) >= 11 is 9.27. The number of ether oxygens (including phenoxy) is 12. The van der Waals surface area contributed by atoms with Crippen LogP contribution in [0.25, 0.3) is 0 Å². The van der Waals surface area contributed by atoms with Crippen molar-refractivity contribution >= 4 is 116 Å². The van der Waals surface area contributed by atoms with E-state index < -0.39 is 240 Å². The summed E-state index contributed by atoms with van der Waals surface area (Å²) in [5.41, 5.74) is -17.4. The number of thioether (sulfide) groups is 1. The molecule has 125 heavy (non-hydrogen) atoms. The number of aliphatic hydroxyl groups excluding tert-OH is 5. The Kier molecular flexibility index (Phi) is 27.3. The first-order chi connectivity index (χ1) is 58.0. The van der Waals surface area contributed by atoms with Crippen LogP contribution in [-0.4, -0.2) is 254 Å². The highest BCUT2D eigenvalue weighted by Crippen LogP contribution is 2.70. The smallest absolute Gasteiger partial charge is 0.338 e. The molecule has 8 N–H and O–H groups in total. The number of carbonyl (C=O) groups is 11. The number of fused-ring (bicyclic) bond motifs is 15. The van der Waals surface area contributed by atoms with Crippen LogP contribution in [0.1, 0.15) is 190 Å². The summed E-state index contributed by atoms with van der Waals surface area (Å²) in [5, 5.41) is 94.1. The number of benzene rings is 2. The molecule has 9 aliphatic carbocycles. The number of rotatable bonds is 13. The summed E-state index contributed by atoms with van der Waals surface area (Å²) in [6, 6.07) is 16.3. The molecule has 0 radical (unpaired) electrons. The van der Waals surface area contributed by atoms with E-state index in [1.54, 1.807) is 131 Å². The van der Waals surface area contributed by atoms with Gasteiger partial charge in [-0.1, -0.05) is 127 Å². The molecular weight excluding hydrogens is 1780 g/mol. The fraction of sp³-hybridized carbons (Fsp3) is 0.648. The van der Waals surface area contributed by atoms with Crippen molar-refractivity contribution in [2.45, 2.75) is 283 Å². The summed E-state index contributed by atoms with van der Waals surface area (Å²) in [6.45, 7) is 29.9. The van der Waals surface area contributed by atoms with Gasteiger partial charge in [-0.2, -0.15) is 0 Å². The third kappa shape index (κ3) is 15.4. The van der Waals surface area contributed by atoms with Crippen LogP contribution in [0, 0.1) is 56.2 Å². The highest BCUT2D eigenvalue weighted by molar-refractivity contribution is 14.1. The van der Waals surface area contributed by atoms with Crippen molar-refractivity contribution in [2.75, 3.05) is 31.0 Å². The second-order valence-electron chi connectivity index (χ2n) is 37.5. The lowest BCUT2D eigenvalue weighted by Crippen LogP contribution is -2.81. The van der Waals surface area contributed by atoms with Gasteiger partial charge in [-0.3, -0.25) is 43.2 Å². The number of carbonyl (C=O) groups excluding carboxylic acids is 11. The molecule has 26 atom stereocenters. The highest BCUT2D eigenvalue weighted by atomic mass is 127. The Hall–Kier alpha value is -7.46. The average molecular weight is 1900 g/mol. The number of ketones is 3. The molecule has 3 heterocycles. The number of alkyl halides is 1. The molecule has 3 saturated heterocycles. The van der Waals surface area contributed by atoms with Gasteiger partial charge in [0.2, 0.25) is 0 Å². The molecule has 3 aliphatic heterocycles. The molecule has 0 amide bonds. The molecule has 14 rings (SSSR count).